The van der Waals surface area contributed by atoms with Crippen LogP contribution in [0.4, 0.5) is 13.2 Å². The maximum Gasteiger partial charge on any atom is 0.287 e. The summed E-state index contributed by atoms with van der Waals surface area (Å²) in [5.41, 5.74) is -3.83. The number of alkyl halides is 2. The zero-order valence-corrected chi connectivity index (χ0v) is 11.0. The number of aromatic amines is 1. The van der Waals surface area contributed by atoms with Gasteiger partial charge in [0.1, 0.15) is 6.61 Å². The van der Waals surface area contributed by atoms with E-state index < -0.39 is 46.6 Å². The van der Waals surface area contributed by atoms with Gasteiger partial charge in [0.25, 0.3) is 11.4 Å². The van der Waals surface area contributed by atoms with Gasteiger partial charge in [-0.25, -0.2) is 8.78 Å². The Balaban J connectivity index is 2.57. The second kappa shape index (κ2) is 4.65. The number of aliphatic hydroxyl groups excluding tert-OH is 2. The second-order valence-electron chi connectivity index (χ2n) is 4.61. The molecular weight excluding hydrogens is 301 g/mol. The van der Waals surface area contributed by atoms with Crippen LogP contribution in [-0.2, 0) is 4.74 Å². The molecule has 112 valence electrons. The minimum Gasteiger partial charge on any atom is -0.390 e. The van der Waals surface area contributed by atoms with Crippen LogP contribution in [0.3, 0.4) is 0 Å². The Bertz CT molecular complexity index is 646. The van der Waals surface area contributed by atoms with Crippen LogP contribution < -0.4 is 5.56 Å². The highest BCUT2D eigenvalue weighted by Gasteiger charge is 2.64. The molecule has 0 bridgehead atoms. The molecule has 1 aliphatic rings. The van der Waals surface area contributed by atoms with E-state index in [4.69, 9.17) is 17.3 Å². The number of aromatic nitrogens is 2. The Labute approximate surface area is 115 Å². The fourth-order valence-electron chi connectivity index (χ4n) is 2.01. The zero-order chi connectivity index (χ0) is 15.3. The van der Waals surface area contributed by atoms with Crippen molar-refractivity contribution in [2.45, 2.75) is 30.8 Å². The van der Waals surface area contributed by atoms with E-state index in [9.17, 15) is 23.1 Å². The zero-order valence-electron chi connectivity index (χ0n) is 10.1. The van der Waals surface area contributed by atoms with Crippen molar-refractivity contribution in [1.82, 2.24) is 9.55 Å². The first kappa shape index (κ1) is 15.2. The van der Waals surface area contributed by atoms with Gasteiger partial charge in [0.15, 0.2) is 22.8 Å². The van der Waals surface area contributed by atoms with Gasteiger partial charge >= 0.3 is 0 Å². The van der Waals surface area contributed by atoms with E-state index in [1.807, 2.05) is 4.98 Å². The van der Waals surface area contributed by atoms with Crippen molar-refractivity contribution in [2.24, 2.45) is 0 Å². The van der Waals surface area contributed by atoms with Gasteiger partial charge in [-0.05, 0) is 19.1 Å². The average molecular weight is 312 g/mol. The minimum atomic E-state index is -3.06. The van der Waals surface area contributed by atoms with Crippen LogP contribution in [0.15, 0.2) is 11.0 Å². The Hall–Kier alpha value is -1.23. The van der Waals surface area contributed by atoms with Gasteiger partial charge < -0.3 is 14.9 Å². The molecule has 10 heteroatoms. The van der Waals surface area contributed by atoms with Crippen molar-refractivity contribution in [3.05, 3.63) is 27.1 Å². The molecule has 1 aromatic heterocycles. The summed E-state index contributed by atoms with van der Waals surface area (Å²) in [6.45, 7) is -0.493. The molecule has 0 spiro atoms. The lowest BCUT2D eigenvalue weighted by atomic mass is 9.97. The molecule has 1 unspecified atom stereocenters. The van der Waals surface area contributed by atoms with Crippen molar-refractivity contribution in [1.29, 1.82) is 0 Å². The van der Waals surface area contributed by atoms with Crippen LogP contribution in [0, 0.1) is 10.6 Å². The van der Waals surface area contributed by atoms with Gasteiger partial charge in [-0.15, -0.1) is 0 Å². The maximum absolute atomic E-state index is 14.4. The highest BCUT2D eigenvalue weighted by Crippen LogP contribution is 2.47. The second-order valence-corrected chi connectivity index (χ2v) is 5.00. The number of hydrogen-bond donors (Lipinski definition) is 3. The fourth-order valence-corrected chi connectivity index (χ4v) is 2.25. The highest BCUT2D eigenvalue weighted by atomic mass is 32.1. The van der Waals surface area contributed by atoms with Crippen LogP contribution >= 0.6 is 12.2 Å². The molecule has 0 amide bonds. The summed E-state index contributed by atoms with van der Waals surface area (Å²) in [7, 11) is 0. The third kappa shape index (κ3) is 2.08. The van der Waals surface area contributed by atoms with Gasteiger partial charge in [-0.1, -0.05) is 0 Å². The lowest BCUT2D eigenvalue weighted by Gasteiger charge is -2.25. The van der Waals surface area contributed by atoms with Crippen LogP contribution in [-0.4, -0.2) is 44.0 Å². The largest absolute Gasteiger partial charge is 0.390 e. The van der Waals surface area contributed by atoms with Crippen molar-refractivity contribution in [2.75, 3.05) is 6.61 Å². The van der Waals surface area contributed by atoms with E-state index in [1.165, 1.54) is 0 Å². The van der Waals surface area contributed by atoms with Crippen LogP contribution in [0.5, 0.6) is 0 Å². The number of halogens is 3. The molecule has 1 fully saturated rings. The Morgan fingerprint density at radius 2 is 2.20 bits per heavy atom. The van der Waals surface area contributed by atoms with E-state index in [0.29, 0.717) is 10.8 Å². The Morgan fingerprint density at radius 1 is 1.60 bits per heavy atom. The smallest absolute Gasteiger partial charge is 0.287 e. The number of rotatable bonds is 2. The Morgan fingerprint density at radius 3 is 2.70 bits per heavy atom. The molecule has 20 heavy (non-hydrogen) atoms. The van der Waals surface area contributed by atoms with E-state index in [2.05, 4.69) is 4.74 Å². The molecule has 1 aromatic rings. The molecule has 6 nitrogen and oxygen atoms in total. The predicted octanol–water partition coefficient (Wildman–Crippen LogP) is 0.321. The first-order valence-electron chi connectivity index (χ1n) is 5.49. The number of nitrogens with one attached hydrogen (secondary N) is 1. The summed E-state index contributed by atoms with van der Waals surface area (Å²) < 4.78 is 46.6. The van der Waals surface area contributed by atoms with Crippen molar-refractivity contribution in [3.8, 4) is 0 Å². The minimum absolute atomic E-state index is 0.417. The molecule has 4 atom stereocenters. The molecule has 2 rings (SSSR count). The summed E-state index contributed by atoms with van der Waals surface area (Å²) in [6, 6.07) is 0. The van der Waals surface area contributed by atoms with Gasteiger partial charge in [-0.2, -0.15) is 4.39 Å². The van der Waals surface area contributed by atoms with Gasteiger partial charge in [0, 0.05) is 0 Å². The molecule has 2 heterocycles. The number of ether oxygens (including phenoxy) is 1. The molecule has 3 N–H and O–H groups in total. The molecule has 0 aromatic carbocycles. The highest BCUT2D eigenvalue weighted by molar-refractivity contribution is 7.71. The molecule has 0 aliphatic carbocycles. The normalized spacial score (nSPS) is 37.3. The molecular formula is C10H11F3N2O4S. The first-order chi connectivity index (χ1) is 9.13. The van der Waals surface area contributed by atoms with Crippen molar-refractivity contribution in [3.63, 3.8) is 0 Å². The summed E-state index contributed by atoms with van der Waals surface area (Å²) in [6.07, 6.45) is -3.63. The van der Waals surface area contributed by atoms with Crippen LogP contribution in [0.1, 0.15) is 13.2 Å². The van der Waals surface area contributed by atoms with E-state index in [1.54, 1.807) is 0 Å². The Kier molecular flexibility index (Phi) is 3.53. The topological polar surface area (TPSA) is 87.5 Å². The summed E-state index contributed by atoms with van der Waals surface area (Å²) >= 11 is 4.72. The number of nitrogens with zero attached hydrogens (tertiary/aromatic N) is 1. The third-order valence-electron chi connectivity index (χ3n) is 3.13. The van der Waals surface area contributed by atoms with E-state index >= 15 is 0 Å². The van der Waals surface area contributed by atoms with Gasteiger partial charge in [0.2, 0.25) is 5.82 Å². The van der Waals surface area contributed by atoms with Crippen LogP contribution in [0.25, 0.3) is 0 Å². The van der Waals surface area contributed by atoms with Crippen molar-refractivity contribution >= 4 is 12.2 Å². The van der Waals surface area contributed by atoms with Gasteiger partial charge in [0.05, 0.1) is 6.20 Å². The quantitative estimate of drug-likeness (QED) is 0.685. The first-order valence-corrected chi connectivity index (χ1v) is 5.90. The standard InChI is InChI=1S/C10H11F3N2O4S/c1-9(12)6(18)10(13,3-16)19-7(9)15-2-4(11)5(17)14-8(15)20/h2,6-7,16,18H,3H2,1H3,(H,14,17,20)/t6-,7-,9?,10-/m1/s1. The lowest BCUT2D eigenvalue weighted by Crippen LogP contribution is -2.46. The van der Waals surface area contributed by atoms with Crippen LogP contribution in [0.2, 0.25) is 0 Å². The summed E-state index contributed by atoms with van der Waals surface area (Å²) in [5.74, 6) is -4.34. The van der Waals surface area contributed by atoms with Crippen molar-refractivity contribution < 1.29 is 28.1 Å². The summed E-state index contributed by atoms with van der Waals surface area (Å²) in [4.78, 5) is 12.9. The number of hydrogen-bond acceptors (Lipinski definition) is 5. The number of H-pyrrole nitrogens is 1. The van der Waals surface area contributed by atoms with E-state index in [0.717, 1.165) is 6.92 Å². The predicted molar refractivity (Wildman–Crippen MR) is 62.4 cm³/mol. The van der Waals surface area contributed by atoms with Gasteiger partial charge in [-0.3, -0.25) is 14.3 Å². The monoisotopic (exact) mass is 312 g/mol. The molecule has 1 aliphatic heterocycles. The third-order valence-corrected chi connectivity index (χ3v) is 3.44. The molecule has 0 saturated carbocycles. The molecule has 1 saturated heterocycles. The fraction of sp³-hybridized carbons (Fsp3) is 0.600. The summed E-state index contributed by atoms with van der Waals surface area (Å²) in [5, 5.41) is 18.4. The molecule has 0 radical (unpaired) electrons. The SMILES string of the molecule is CC1(F)[C@@H](O)[C@@](F)(CO)O[C@H]1n1cc(F)c(=O)[nH]c1=S. The lowest BCUT2D eigenvalue weighted by molar-refractivity contribution is -0.207. The number of aliphatic hydroxyl groups is 2. The average Bonchev–Trinajstić information content (AvgIpc) is 2.56. The van der Waals surface area contributed by atoms with E-state index in [-0.39, 0.29) is 0 Å². The maximum atomic E-state index is 14.4.